The van der Waals surface area contributed by atoms with Crippen LogP contribution in [-0.4, -0.2) is 30.0 Å². The first-order valence-electron chi connectivity index (χ1n) is 8.09. The van der Waals surface area contributed by atoms with Crippen molar-refractivity contribution in [3.8, 4) is 10.7 Å². The molecule has 128 valence electrons. The molecule has 0 unspecified atom stereocenters. The maximum Gasteiger partial charge on any atom is 0.235 e. The van der Waals surface area contributed by atoms with Crippen LogP contribution in [0, 0.1) is 0 Å². The zero-order valence-corrected chi connectivity index (χ0v) is 15.6. The van der Waals surface area contributed by atoms with E-state index in [2.05, 4.69) is 69.7 Å². The van der Waals surface area contributed by atoms with Gasteiger partial charge in [-0.15, -0.1) is 22.0 Å². The van der Waals surface area contributed by atoms with E-state index < -0.39 is 0 Å². The minimum atomic E-state index is 0.414. The minimum absolute atomic E-state index is 0.414. The van der Waals surface area contributed by atoms with Crippen molar-refractivity contribution in [2.75, 3.05) is 0 Å². The topological polar surface area (TPSA) is 71.8 Å². The first-order valence-corrected chi connectivity index (χ1v) is 10.1. The molecule has 8 heteroatoms. The van der Waals surface area contributed by atoms with Gasteiger partial charge in [-0.2, -0.15) is 14.7 Å². The van der Waals surface area contributed by atoms with E-state index in [4.69, 9.17) is 0 Å². The fourth-order valence-corrected chi connectivity index (χ4v) is 4.14. The third-order valence-electron chi connectivity index (χ3n) is 3.84. The van der Waals surface area contributed by atoms with Crippen LogP contribution in [0.4, 0.5) is 0 Å². The number of hydrogen-bond donors (Lipinski definition) is 1. The highest BCUT2D eigenvalue weighted by Crippen LogP contribution is 2.27. The maximum atomic E-state index is 4.66. The fourth-order valence-electron chi connectivity index (χ4n) is 2.43. The van der Waals surface area contributed by atoms with Crippen LogP contribution in [0.2, 0.25) is 0 Å². The maximum absolute atomic E-state index is 4.66. The van der Waals surface area contributed by atoms with Crippen molar-refractivity contribution in [3.63, 3.8) is 0 Å². The normalized spacial score (nSPS) is 11.6. The fraction of sp³-hybridized carbons (Fsp3) is 0.294. The van der Waals surface area contributed by atoms with Gasteiger partial charge < -0.3 is 0 Å². The Morgan fingerprint density at radius 2 is 2.00 bits per heavy atom. The lowest BCUT2D eigenvalue weighted by Crippen LogP contribution is -1.94. The quantitative estimate of drug-likeness (QED) is 0.552. The van der Waals surface area contributed by atoms with Gasteiger partial charge in [0.25, 0.3) is 0 Å². The van der Waals surface area contributed by atoms with Crippen molar-refractivity contribution >= 4 is 28.1 Å². The van der Waals surface area contributed by atoms with E-state index >= 15 is 0 Å². The molecule has 0 amide bonds. The monoisotopic (exact) mass is 370 g/mol. The van der Waals surface area contributed by atoms with Crippen LogP contribution < -0.4 is 0 Å². The molecule has 4 rings (SSSR count). The molecule has 6 nitrogen and oxygen atoms in total. The minimum Gasteiger partial charge on any atom is -0.282 e. The second-order valence-electron chi connectivity index (χ2n) is 6.06. The lowest BCUT2D eigenvalue weighted by Gasteiger charge is -1.99. The summed E-state index contributed by atoms with van der Waals surface area (Å²) in [5, 5.41) is 21.5. The number of fused-ring (bicyclic) bond motifs is 1. The van der Waals surface area contributed by atoms with Gasteiger partial charge in [-0.3, -0.25) is 5.10 Å². The number of benzene rings is 1. The van der Waals surface area contributed by atoms with E-state index in [0.717, 1.165) is 38.7 Å². The van der Waals surface area contributed by atoms with Gasteiger partial charge in [0.15, 0.2) is 10.8 Å². The van der Waals surface area contributed by atoms with Crippen LogP contribution in [0.15, 0.2) is 36.4 Å². The van der Waals surface area contributed by atoms with Crippen molar-refractivity contribution in [1.29, 1.82) is 0 Å². The smallest absolute Gasteiger partial charge is 0.235 e. The molecule has 0 aliphatic carbocycles. The van der Waals surface area contributed by atoms with Crippen molar-refractivity contribution < 1.29 is 0 Å². The lowest BCUT2D eigenvalue weighted by atomic mass is 10.1. The summed E-state index contributed by atoms with van der Waals surface area (Å²) in [5.41, 5.74) is 3.28. The van der Waals surface area contributed by atoms with Gasteiger partial charge in [-0.1, -0.05) is 55.5 Å². The SMILES string of the molecule is CC(C)c1cc(-c2nn3c(CSCc4ccccc4)nnc3s2)n[nH]1. The highest BCUT2D eigenvalue weighted by molar-refractivity contribution is 7.97. The third kappa shape index (κ3) is 3.45. The number of hydrogen-bond acceptors (Lipinski definition) is 6. The van der Waals surface area contributed by atoms with Crippen LogP contribution in [0.1, 0.15) is 36.8 Å². The summed E-state index contributed by atoms with van der Waals surface area (Å²) in [5.74, 6) is 3.01. The summed E-state index contributed by atoms with van der Waals surface area (Å²) in [4.78, 5) is 0.805. The molecule has 1 aromatic carbocycles. The molecule has 0 atom stereocenters. The molecule has 0 spiro atoms. The van der Waals surface area contributed by atoms with Crippen molar-refractivity contribution in [2.24, 2.45) is 0 Å². The van der Waals surface area contributed by atoms with Gasteiger partial charge >= 0.3 is 0 Å². The van der Waals surface area contributed by atoms with E-state index in [9.17, 15) is 0 Å². The molecule has 1 N–H and O–H groups in total. The van der Waals surface area contributed by atoms with E-state index in [0.29, 0.717) is 5.92 Å². The summed E-state index contributed by atoms with van der Waals surface area (Å²) < 4.78 is 1.84. The second-order valence-corrected chi connectivity index (χ2v) is 8.00. The predicted molar refractivity (Wildman–Crippen MR) is 102 cm³/mol. The van der Waals surface area contributed by atoms with Crippen LogP contribution in [-0.2, 0) is 11.5 Å². The first-order chi connectivity index (χ1) is 12.2. The number of rotatable bonds is 6. The van der Waals surface area contributed by atoms with Crippen molar-refractivity contribution in [3.05, 3.63) is 53.5 Å². The van der Waals surface area contributed by atoms with Crippen LogP contribution in [0.25, 0.3) is 15.7 Å². The van der Waals surface area contributed by atoms with Gasteiger partial charge in [-0.25, -0.2) is 0 Å². The molecule has 4 aromatic rings. The van der Waals surface area contributed by atoms with Gasteiger partial charge in [0.2, 0.25) is 4.96 Å². The largest absolute Gasteiger partial charge is 0.282 e. The summed E-state index contributed by atoms with van der Waals surface area (Å²) in [6.45, 7) is 4.27. The Kier molecular flexibility index (Phi) is 4.54. The molecule has 0 radical (unpaired) electrons. The summed E-state index contributed by atoms with van der Waals surface area (Å²) in [7, 11) is 0. The predicted octanol–water partition coefficient (Wildman–Crippen LogP) is 4.13. The Bertz CT molecular complexity index is 970. The van der Waals surface area contributed by atoms with Gasteiger partial charge in [-0.05, 0) is 17.5 Å². The molecule has 0 saturated carbocycles. The Hall–Kier alpha value is -2.19. The highest BCUT2D eigenvalue weighted by Gasteiger charge is 2.15. The van der Waals surface area contributed by atoms with Gasteiger partial charge in [0.1, 0.15) is 5.69 Å². The highest BCUT2D eigenvalue weighted by atomic mass is 32.2. The zero-order valence-electron chi connectivity index (χ0n) is 14.0. The van der Waals surface area contributed by atoms with Crippen molar-refractivity contribution in [2.45, 2.75) is 31.3 Å². The third-order valence-corrected chi connectivity index (χ3v) is 5.76. The first kappa shape index (κ1) is 16.3. The van der Waals surface area contributed by atoms with E-state index in [1.807, 2.05) is 22.3 Å². The molecule has 3 aromatic heterocycles. The number of nitrogens with one attached hydrogen (secondary N) is 1. The van der Waals surface area contributed by atoms with Gasteiger partial charge in [0, 0.05) is 11.4 Å². The number of aromatic nitrogens is 6. The van der Waals surface area contributed by atoms with Crippen LogP contribution >= 0.6 is 23.1 Å². The number of H-pyrrole nitrogens is 1. The van der Waals surface area contributed by atoms with Gasteiger partial charge in [0.05, 0.1) is 5.75 Å². The second kappa shape index (κ2) is 6.97. The number of aromatic amines is 1. The average Bonchev–Trinajstić information content (AvgIpc) is 3.31. The summed E-state index contributed by atoms with van der Waals surface area (Å²) in [6.07, 6.45) is 0. The lowest BCUT2D eigenvalue weighted by molar-refractivity contribution is 0.810. The number of thioether (sulfide) groups is 1. The molecule has 0 aliphatic rings. The van der Waals surface area contributed by atoms with E-state index in [1.54, 1.807) is 0 Å². The van der Waals surface area contributed by atoms with Crippen LogP contribution in [0.5, 0.6) is 0 Å². The molecular formula is C17H18N6S2. The molecule has 3 heterocycles. The molecule has 0 aliphatic heterocycles. The molecule has 0 fully saturated rings. The molecular weight excluding hydrogens is 352 g/mol. The Balaban J connectivity index is 1.50. The standard InChI is InChI=1S/C17H18N6S2/c1-11(2)13-8-14(19-18-13)16-22-23-15(20-21-17(23)25-16)10-24-9-12-6-4-3-5-7-12/h3-8,11H,9-10H2,1-2H3,(H,18,19). The average molecular weight is 371 g/mol. The van der Waals surface area contributed by atoms with Crippen LogP contribution in [0.3, 0.4) is 0 Å². The number of nitrogens with zero attached hydrogens (tertiary/aromatic N) is 5. The van der Waals surface area contributed by atoms with Crippen molar-refractivity contribution in [1.82, 2.24) is 30.0 Å². The summed E-state index contributed by atoms with van der Waals surface area (Å²) in [6, 6.07) is 12.5. The zero-order chi connectivity index (χ0) is 17.2. The molecule has 25 heavy (non-hydrogen) atoms. The Morgan fingerprint density at radius 3 is 2.76 bits per heavy atom. The van der Waals surface area contributed by atoms with E-state index in [1.165, 1.54) is 16.9 Å². The Labute approximate surface area is 153 Å². The van der Waals surface area contributed by atoms with E-state index in [-0.39, 0.29) is 0 Å². The molecule has 0 bridgehead atoms. The molecule has 0 saturated heterocycles. The Morgan fingerprint density at radius 1 is 1.16 bits per heavy atom. The summed E-state index contributed by atoms with van der Waals surface area (Å²) >= 11 is 3.32.